The van der Waals surface area contributed by atoms with Crippen LogP contribution in [0.3, 0.4) is 0 Å². The van der Waals surface area contributed by atoms with Gasteiger partial charge in [-0.25, -0.2) is 4.39 Å². The lowest BCUT2D eigenvalue weighted by Gasteiger charge is -2.30. The topological polar surface area (TPSA) is 41.6 Å². The van der Waals surface area contributed by atoms with Gasteiger partial charge < -0.3 is 15.0 Å². The molecule has 0 bridgehead atoms. The number of hydrogen-bond acceptors (Lipinski definition) is 3. The van der Waals surface area contributed by atoms with Crippen LogP contribution in [0.4, 0.5) is 10.1 Å². The van der Waals surface area contributed by atoms with Crippen LogP contribution >= 0.6 is 0 Å². The number of anilines is 1. The fraction of sp³-hybridized carbons (Fsp3) is 0.500. The third kappa shape index (κ3) is 3.23. The third-order valence-corrected chi connectivity index (χ3v) is 3.33. The summed E-state index contributed by atoms with van der Waals surface area (Å²) in [6, 6.07) is 4.45. The van der Waals surface area contributed by atoms with E-state index in [9.17, 15) is 9.18 Å². The highest BCUT2D eigenvalue weighted by molar-refractivity contribution is 5.84. The summed E-state index contributed by atoms with van der Waals surface area (Å²) in [5.74, 6) is -0.247. The van der Waals surface area contributed by atoms with Gasteiger partial charge in [0.25, 0.3) is 0 Å². The van der Waals surface area contributed by atoms with E-state index in [-0.39, 0.29) is 17.8 Å². The van der Waals surface area contributed by atoms with Gasteiger partial charge in [-0.2, -0.15) is 0 Å². The Morgan fingerprint density at radius 1 is 1.42 bits per heavy atom. The Morgan fingerprint density at radius 3 is 2.79 bits per heavy atom. The Morgan fingerprint density at radius 2 is 2.11 bits per heavy atom. The number of halogens is 1. The number of amides is 1. The van der Waals surface area contributed by atoms with Crippen molar-refractivity contribution in [2.75, 3.05) is 31.6 Å². The molecule has 1 aliphatic rings. The van der Waals surface area contributed by atoms with Gasteiger partial charge in [-0.1, -0.05) is 6.07 Å². The molecule has 19 heavy (non-hydrogen) atoms. The van der Waals surface area contributed by atoms with Crippen LogP contribution in [-0.4, -0.2) is 43.2 Å². The van der Waals surface area contributed by atoms with Gasteiger partial charge in [0.1, 0.15) is 11.9 Å². The molecule has 4 nitrogen and oxygen atoms in total. The molecular formula is C14H19FN2O2. The zero-order chi connectivity index (χ0) is 13.8. The highest BCUT2D eigenvalue weighted by atomic mass is 19.1. The average Bonchev–Trinajstić information content (AvgIpc) is 2.44. The van der Waals surface area contributed by atoms with E-state index in [1.807, 2.05) is 0 Å². The van der Waals surface area contributed by atoms with E-state index in [2.05, 4.69) is 5.32 Å². The Hall–Kier alpha value is -1.62. The Kier molecular flexibility index (Phi) is 4.37. The lowest BCUT2D eigenvalue weighted by Crippen LogP contribution is -2.47. The minimum Gasteiger partial charge on any atom is -0.378 e. The van der Waals surface area contributed by atoms with E-state index in [0.717, 1.165) is 0 Å². The largest absolute Gasteiger partial charge is 0.378 e. The molecule has 2 rings (SSSR count). The van der Waals surface area contributed by atoms with Gasteiger partial charge in [0.15, 0.2) is 0 Å². The van der Waals surface area contributed by atoms with Crippen LogP contribution in [0.1, 0.15) is 12.5 Å². The number of carbonyl (C=O) groups excluding carboxylic acids is 1. The number of nitrogens with one attached hydrogen (secondary N) is 1. The smallest absolute Gasteiger partial charge is 0.244 e. The number of carbonyl (C=O) groups is 1. The zero-order valence-corrected chi connectivity index (χ0v) is 11.3. The van der Waals surface area contributed by atoms with Crippen molar-refractivity contribution in [3.8, 4) is 0 Å². The molecule has 104 valence electrons. The molecule has 5 heteroatoms. The van der Waals surface area contributed by atoms with Crippen molar-refractivity contribution in [1.29, 1.82) is 0 Å². The summed E-state index contributed by atoms with van der Waals surface area (Å²) in [4.78, 5) is 14.0. The molecule has 1 saturated heterocycles. The quantitative estimate of drug-likeness (QED) is 0.907. The van der Waals surface area contributed by atoms with Gasteiger partial charge in [0.05, 0.1) is 13.2 Å². The number of benzene rings is 1. The fourth-order valence-corrected chi connectivity index (χ4v) is 2.12. The SMILES string of the molecule is Cc1c(F)cccc1NC(C)C(=O)N1CCOCC1. The Labute approximate surface area is 112 Å². The average molecular weight is 266 g/mol. The van der Waals surface area contributed by atoms with Crippen molar-refractivity contribution in [1.82, 2.24) is 4.90 Å². The maximum Gasteiger partial charge on any atom is 0.244 e. The van der Waals surface area contributed by atoms with Crippen molar-refractivity contribution < 1.29 is 13.9 Å². The second-order valence-electron chi connectivity index (χ2n) is 4.72. The van der Waals surface area contributed by atoms with Crippen LogP contribution in [0, 0.1) is 12.7 Å². The standard InChI is InChI=1S/C14H19FN2O2/c1-10-12(15)4-3-5-13(10)16-11(2)14(18)17-6-8-19-9-7-17/h3-5,11,16H,6-9H2,1-2H3. The molecule has 1 heterocycles. The Balaban J connectivity index is 2.01. The summed E-state index contributed by atoms with van der Waals surface area (Å²) in [6.45, 7) is 5.89. The molecule has 1 fully saturated rings. The van der Waals surface area contributed by atoms with Crippen LogP contribution in [0.5, 0.6) is 0 Å². The molecule has 1 unspecified atom stereocenters. The number of morpholine rings is 1. The normalized spacial score (nSPS) is 17.1. The maximum atomic E-state index is 13.4. The summed E-state index contributed by atoms with van der Waals surface area (Å²) >= 11 is 0. The number of nitrogens with zero attached hydrogens (tertiary/aromatic N) is 1. The second kappa shape index (κ2) is 6.02. The molecule has 0 radical (unpaired) electrons. The van der Waals surface area contributed by atoms with Crippen molar-refractivity contribution in [3.63, 3.8) is 0 Å². The first-order chi connectivity index (χ1) is 9.09. The molecule has 1 aliphatic heterocycles. The zero-order valence-electron chi connectivity index (χ0n) is 11.3. The molecule has 1 atom stereocenters. The van der Waals surface area contributed by atoms with Gasteiger partial charge in [0, 0.05) is 24.3 Å². The Bertz CT molecular complexity index is 459. The predicted octanol–water partition coefficient (Wildman–Crippen LogP) is 1.79. The van der Waals surface area contributed by atoms with E-state index < -0.39 is 0 Å². The maximum absolute atomic E-state index is 13.4. The van der Waals surface area contributed by atoms with Crippen LogP contribution in [-0.2, 0) is 9.53 Å². The lowest BCUT2D eigenvalue weighted by atomic mass is 10.1. The first-order valence-electron chi connectivity index (χ1n) is 6.48. The van der Waals surface area contributed by atoms with E-state index in [1.54, 1.807) is 30.9 Å². The molecule has 0 aliphatic carbocycles. The van der Waals surface area contributed by atoms with E-state index in [1.165, 1.54) is 6.07 Å². The molecular weight excluding hydrogens is 247 g/mol. The van der Waals surface area contributed by atoms with Crippen LogP contribution in [0.2, 0.25) is 0 Å². The number of rotatable bonds is 3. The van der Waals surface area contributed by atoms with Crippen molar-refractivity contribution in [2.45, 2.75) is 19.9 Å². The lowest BCUT2D eigenvalue weighted by molar-refractivity contribution is -0.135. The summed E-state index contributed by atoms with van der Waals surface area (Å²) < 4.78 is 18.7. The minimum absolute atomic E-state index is 0.0203. The van der Waals surface area contributed by atoms with Crippen molar-refractivity contribution in [3.05, 3.63) is 29.6 Å². The second-order valence-corrected chi connectivity index (χ2v) is 4.72. The molecule has 1 N–H and O–H groups in total. The number of hydrogen-bond donors (Lipinski definition) is 1. The van der Waals surface area contributed by atoms with Crippen LogP contribution in [0.15, 0.2) is 18.2 Å². The van der Waals surface area contributed by atoms with Gasteiger partial charge in [0.2, 0.25) is 5.91 Å². The van der Waals surface area contributed by atoms with E-state index >= 15 is 0 Å². The van der Waals surface area contributed by atoms with E-state index in [0.29, 0.717) is 37.6 Å². The van der Waals surface area contributed by atoms with Crippen LogP contribution < -0.4 is 5.32 Å². The van der Waals surface area contributed by atoms with Gasteiger partial charge in [-0.3, -0.25) is 4.79 Å². The predicted molar refractivity (Wildman–Crippen MR) is 71.6 cm³/mol. The minimum atomic E-state index is -0.376. The summed E-state index contributed by atoms with van der Waals surface area (Å²) in [7, 11) is 0. The van der Waals surface area contributed by atoms with Crippen molar-refractivity contribution in [2.24, 2.45) is 0 Å². The monoisotopic (exact) mass is 266 g/mol. The van der Waals surface area contributed by atoms with Crippen LogP contribution in [0.25, 0.3) is 0 Å². The molecule has 0 saturated carbocycles. The molecule has 1 amide bonds. The molecule has 0 aromatic heterocycles. The third-order valence-electron chi connectivity index (χ3n) is 3.33. The van der Waals surface area contributed by atoms with Gasteiger partial charge in [-0.15, -0.1) is 0 Å². The van der Waals surface area contributed by atoms with Gasteiger partial charge in [-0.05, 0) is 26.0 Å². The molecule has 1 aromatic carbocycles. The first kappa shape index (κ1) is 13.8. The highest BCUT2D eigenvalue weighted by Gasteiger charge is 2.22. The summed E-state index contributed by atoms with van der Waals surface area (Å²) in [5.41, 5.74) is 1.19. The molecule has 1 aromatic rings. The van der Waals surface area contributed by atoms with Gasteiger partial charge >= 0.3 is 0 Å². The number of ether oxygens (including phenoxy) is 1. The van der Waals surface area contributed by atoms with E-state index in [4.69, 9.17) is 4.74 Å². The highest BCUT2D eigenvalue weighted by Crippen LogP contribution is 2.18. The fourth-order valence-electron chi connectivity index (χ4n) is 2.12. The first-order valence-corrected chi connectivity index (χ1v) is 6.48. The summed E-state index contributed by atoms with van der Waals surface area (Å²) in [5, 5.41) is 3.08. The van der Waals surface area contributed by atoms with Crippen molar-refractivity contribution >= 4 is 11.6 Å². The summed E-state index contributed by atoms with van der Waals surface area (Å²) in [6.07, 6.45) is 0. The molecule has 0 spiro atoms.